The van der Waals surface area contributed by atoms with Crippen LogP contribution in [0.1, 0.15) is 27.7 Å². The van der Waals surface area contributed by atoms with Crippen molar-refractivity contribution in [3.05, 3.63) is 0 Å². The van der Waals surface area contributed by atoms with E-state index in [4.69, 9.17) is 13.9 Å². The first-order valence-electron chi connectivity index (χ1n) is 9.61. The van der Waals surface area contributed by atoms with Crippen molar-refractivity contribution in [2.45, 2.75) is 66.6 Å². The van der Waals surface area contributed by atoms with E-state index >= 15 is 0 Å². The molecule has 0 spiro atoms. The first kappa shape index (κ1) is 22.4. The Hall–Kier alpha value is -0.263. The van der Waals surface area contributed by atoms with Crippen LogP contribution in [-0.2, 0) is 23.5 Å². The van der Waals surface area contributed by atoms with Gasteiger partial charge in [-0.15, -0.1) is 23.5 Å². The summed E-state index contributed by atoms with van der Waals surface area (Å²) in [5.74, 6) is -1.18. The van der Waals surface area contributed by atoms with Gasteiger partial charge in [-0.3, -0.25) is 4.79 Å². The number of carbonyl (C=O) groups is 2. The Balaban J connectivity index is 1.71. The number of carbonyl (C=O) groups excluding carboxylic acids is 1. The zero-order valence-corrected chi connectivity index (χ0v) is 20.0. The molecule has 0 aromatic heterocycles. The van der Waals surface area contributed by atoms with Crippen LogP contribution in [-0.4, -0.2) is 77.6 Å². The monoisotopic (exact) mass is 449 g/mol. The number of ether oxygens (including phenoxy) is 2. The lowest BCUT2D eigenvalue weighted by atomic mass is 9.93. The molecule has 3 saturated heterocycles. The fourth-order valence-electron chi connectivity index (χ4n) is 3.50. The Kier molecular flexibility index (Phi) is 6.22. The summed E-state index contributed by atoms with van der Waals surface area (Å²) in [4.78, 5) is 26.7. The summed E-state index contributed by atoms with van der Waals surface area (Å²) < 4.78 is 16.0. The molecular formula is C18H31NO6S2Si. The lowest BCUT2D eigenvalue weighted by Gasteiger charge is -2.47. The van der Waals surface area contributed by atoms with Crippen molar-refractivity contribution in [1.82, 2.24) is 4.90 Å². The van der Waals surface area contributed by atoms with Gasteiger partial charge in [0, 0.05) is 0 Å². The lowest BCUT2D eigenvalue weighted by molar-refractivity contribution is -0.155. The van der Waals surface area contributed by atoms with Crippen LogP contribution in [0.3, 0.4) is 0 Å². The second kappa shape index (κ2) is 7.77. The van der Waals surface area contributed by atoms with Gasteiger partial charge in [0.15, 0.2) is 12.4 Å². The summed E-state index contributed by atoms with van der Waals surface area (Å²) in [7, 11) is -2.01. The summed E-state index contributed by atoms with van der Waals surface area (Å²) in [6.45, 7) is 14.2. The largest absolute Gasteiger partial charge is 0.480 e. The fourth-order valence-corrected chi connectivity index (χ4v) is 8.53. The predicted molar refractivity (Wildman–Crippen MR) is 113 cm³/mol. The van der Waals surface area contributed by atoms with Crippen LogP contribution in [0.25, 0.3) is 0 Å². The second-order valence-electron chi connectivity index (χ2n) is 9.24. The van der Waals surface area contributed by atoms with Crippen LogP contribution < -0.4 is 0 Å². The van der Waals surface area contributed by atoms with Crippen LogP contribution in [0.4, 0.5) is 0 Å². The average molecular weight is 450 g/mol. The number of thioether (sulfide) groups is 2. The standard InChI is InChI=1S/C18H31NO6S2Si/c1-11(25-28(5,6)17(2,3)4)13-14(20)19-9-18(16(21)22,27-15(13)19)26-12-7-23-10-24-8-12/h11-13,15H,7-10H2,1-6H3,(H,21,22)/t11-,13+,15-,18?/m1/s1. The van der Waals surface area contributed by atoms with Gasteiger partial charge in [0.25, 0.3) is 0 Å². The number of amides is 1. The molecule has 3 aliphatic rings. The number of fused-ring (bicyclic) bond motifs is 1. The van der Waals surface area contributed by atoms with E-state index in [9.17, 15) is 14.7 Å². The van der Waals surface area contributed by atoms with E-state index in [2.05, 4.69) is 33.9 Å². The third-order valence-corrected chi connectivity index (χ3v) is 14.0. The van der Waals surface area contributed by atoms with Crippen molar-refractivity contribution < 1.29 is 28.6 Å². The molecule has 3 aliphatic heterocycles. The van der Waals surface area contributed by atoms with Gasteiger partial charge in [0.1, 0.15) is 6.79 Å². The molecule has 1 N–H and O–H groups in total. The van der Waals surface area contributed by atoms with Gasteiger partial charge in [-0.25, -0.2) is 4.79 Å². The molecule has 3 fully saturated rings. The molecule has 1 amide bonds. The number of rotatable bonds is 6. The number of aliphatic carboxylic acids is 1. The number of hydrogen-bond acceptors (Lipinski definition) is 7. The summed E-state index contributed by atoms with van der Waals surface area (Å²) in [5.41, 5.74) is 0. The third-order valence-electron chi connectivity index (χ3n) is 6.12. The van der Waals surface area contributed by atoms with Crippen molar-refractivity contribution in [2.24, 2.45) is 5.92 Å². The average Bonchev–Trinajstić information content (AvgIpc) is 2.90. The maximum absolute atomic E-state index is 12.8. The molecule has 1 unspecified atom stereocenters. The van der Waals surface area contributed by atoms with Crippen LogP contribution in [0, 0.1) is 5.92 Å². The Labute approximate surface area is 176 Å². The van der Waals surface area contributed by atoms with Gasteiger partial charge in [-0.05, 0) is 25.1 Å². The summed E-state index contributed by atoms with van der Waals surface area (Å²) in [6, 6.07) is 0. The van der Waals surface area contributed by atoms with E-state index in [1.165, 1.54) is 23.5 Å². The molecule has 3 rings (SSSR count). The summed E-state index contributed by atoms with van der Waals surface area (Å²) in [6.07, 6.45) is -0.224. The Morgan fingerprint density at radius 3 is 2.54 bits per heavy atom. The smallest absolute Gasteiger partial charge is 0.332 e. The highest BCUT2D eigenvalue weighted by Gasteiger charge is 2.64. The number of nitrogens with zero attached hydrogens (tertiary/aromatic N) is 1. The number of β-lactam (4-membered cyclic amide) rings is 1. The van der Waals surface area contributed by atoms with Crippen molar-refractivity contribution >= 4 is 43.7 Å². The molecule has 0 bridgehead atoms. The third kappa shape index (κ3) is 4.00. The Morgan fingerprint density at radius 1 is 1.39 bits per heavy atom. The maximum Gasteiger partial charge on any atom is 0.332 e. The molecule has 0 saturated carbocycles. The van der Waals surface area contributed by atoms with E-state index in [1.54, 1.807) is 4.90 Å². The van der Waals surface area contributed by atoms with E-state index in [1.807, 2.05) is 6.92 Å². The van der Waals surface area contributed by atoms with E-state index in [0.717, 1.165) is 0 Å². The zero-order chi connectivity index (χ0) is 20.9. The van der Waals surface area contributed by atoms with Gasteiger partial charge in [-0.1, -0.05) is 20.8 Å². The predicted octanol–water partition coefficient (Wildman–Crippen LogP) is 2.82. The van der Waals surface area contributed by atoms with Crippen molar-refractivity contribution in [3.63, 3.8) is 0 Å². The molecule has 28 heavy (non-hydrogen) atoms. The Morgan fingerprint density at radius 2 is 2.00 bits per heavy atom. The van der Waals surface area contributed by atoms with Gasteiger partial charge in [0.2, 0.25) is 5.91 Å². The Bertz CT molecular complexity index is 636. The minimum absolute atomic E-state index is 0.00331. The molecular weight excluding hydrogens is 418 g/mol. The van der Waals surface area contributed by atoms with Crippen LogP contribution in [0.2, 0.25) is 18.1 Å². The molecule has 0 aromatic rings. The fraction of sp³-hybridized carbons (Fsp3) is 0.889. The maximum atomic E-state index is 12.8. The molecule has 7 nitrogen and oxygen atoms in total. The molecule has 160 valence electrons. The SMILES string of the molecule is C[C@@H](O[Si](C)(C)C(C)(C)C)[C@H]1C(=O)N2CC(SC3COCOC3)(C(=O)O)S[C@H]12. The minimum Gasteiger partial charge on any atom is -0.480 e. The molecule has 0 aliphatic carbocycles. The number of carboxylic acid groups (broad SMARTS) is 1. The zero-order valence-electron chi connectivity index (χ0n) is 17.4. The van der Waals surface area contributed by atoms with Crippen LogP contribution >= 0.6 is 23.5 Å². The molecule has 4 atom stereocenters. The summed E-state index contributed by atoms with van der Waals surface area (Å²) in [5, 5.41) is 9.83. The molecule has 0 radical (unpaired) electrons. The normalized spacial score (nSPS) is 32.8. The second-order valence-corrected chi connectivity index (χ2v) is 17.3. The van der Waals surface area contributed by atoms with Gasteiger partial charge < -0.3 is 23.9 Å². The van der Waals surface area contributed by atoms with Gasteiger partial charge >= 0.3 is 5.97 Å². The lowest BCUT2D eigenvalue weighted by Crippen LogP contribution is -2.62. The topological polar surface area (TPSA) is 85.3 Å². The minimum atomic E-state index is -2.01. The van der Waals surface area contributed by atoms with Crippen LogP contribution in [0.15, 0.2) is 0 Å². The van der Waals surface area contributed by atoms with E-state index in [-0.39, 0.29) is 46.9 Å². The highest BCUT2D eigenvalue weighted by atomic mass is 32.2. The molecule has 3 heterocycles. The van der Waals surface area contributed by atoms with Crippen molar-refractivity contribution in [3.8, 4) is 0 Å². The van der Waals surface area contributed by atoms with E-state index < -0.39 is 18.4 Å². The van der Waals surface area contributed by atoms with Crippen LogP contribution in [0.5, 0.6) is 0 Å². The first-order chi connectivity index (χ1) is 12.9. The first-order valence-corrected chi connectivity index (χ1v) is 14.3. The highest BCUT2D eigenvalue weighted by molar-refractivity contribution is 8.20. The number of hydrogen-bond donors (Lipinski definition) is 1. The van der Waals surface area contributed by atoms with Crippen molar-refractivity contribution in [2.75, 3.05) is 26.6 Å². The highest BCUT2D eigenvalue weighted by Crippen LogP contribution is 2.57. The number of carboxylic acids is 1. The molecule has 0 aromatic carbocycles. The quantitative estimate of drug-likeness (QED) is 0.489. The van der Waals surface area contributed by atoms with Gasteiger partial charge in [-0.2, -0.15) is 0 Å². The molecule has 10 heteroatoms. The van der Waals surface area contributed by atoms with Gasteiger partial charge in [0.05, 0.1) is 42.4 Å². The summed E-state index contributed by atoms with van der Waals surface area (Å²) >= 11 is 2.73. The van der Waals surface area contributed by atoms with Crippen molar-refractivity contribution in [1.29, 1.82) is 0 Å². The van der Waals surface area contributed by atoms with E-state index in [0.29, 0.717) is 13.2 Å².